The second kappa shape index (κ2) is 12.8. The molecule has 1 aromatic carbocycles. The number of aliphatic hydroxyl groups excluding tert-OH is 2. The Morgan fingerprint density at radius 3 is 2.55 bits per heavy atom. The first kappa shape index (κ1) is 28.1. The summed E-state index contributed by atoms with van der Waals surface area (Å²) in [5, 5.41) is 22.0. The van der Waals surface area contributed by atoms with Crippen LogP contribution in [0.5, 0.6) is 0 Å². The summed E-state index contributed by atoms with van der Waals surface area (Å²) < 4.78 is 5.61. The SMILES string of the molecule is O=C(c1cnc2ccccc2c1)N1CCCCC2(CCN(Cc3ccncc3)CC2)C(=O)OC[C@@H](O)[C@@H](O)CC1. The molecule has 1 amide bonds. The average molecular weight is 547 g/mol. The highest BCUT2D eigenvalue weighted by atomic mass is 16.5. The number of likely N-dealkylation sites (tertiary alicyclic amines) is 1. The lowest BCUT2D eigenvalue weighted by atomic mass is 9.74. The molecule has 0 aliphatic carbocycles. The molecule has 2 aliphatic heterocycles. The average Bonchev–Trinajstić information content (AvgIpc) is 3.00. The number of hydrogen-bond donors (Lipinski definition) is 2. The van der Waals surface area contributed by atoms with Gasteiger partial charge in [0, 0.05) is 43.6 Å². The largest absolute Gasteiger partial charge is 0.462 e. The number of fused-ring (bicyclic) bond motifs is 1. The second-order valence-electron chi connectivity index (χ2n) is 11.1. The predicted octanol–water partition coefficient (Wildman–Crippen LogP) is 3.19. The lowest BCUT2D eigenvalue weighted by molar-refractivity contribution is -0.165. The van der Waals surface area contributed by atoms with Crippen molar-refractivity contribution >= 4 is 22.8 Å². The van der Waals surface area contributed by atoms with Crippen LogP contribution >= 0.6 is 0 Å². The number of ether oxygens (including phenoxy) is 1. The van der Waals surface area contributed by atoms with Crippen molar-refractivity contribution in [2.24, 2.45) is 5.41 Å². The van der Waals surface area contributed by atoms with E-state index in [2.05, 4.69) is 14.9 Å². The number of hydrogen-bond acceptors (Lipinski definition) is 8. The van der Waals surface area contributed by atoms with Gasteiger partial charge in [0.05, 0.1) is 22.6 Å². The summed E-state index contributed by atoms with van der Waals surface area (Å²) >= 11 is 0. The van der Waals surface area contributed by atoms with Crippen molar-refractivity contribution in [1.29, 1.82) is 0 Å². The number of amides is 1. The molecule has 1 spiro atoms. The van der Waals surface area contributed by atoms with E-state index in [1.54, 1.807) is 23.5 Å². The first-order valence-electron chi connectivity index (χ1n) is 14.2. The predicted molar refractivity (Wildman–Crippen MR) is 150 cm³/mol. The fourth-order valence-electron chi connectivity index (χ4n) is 5.80. The maximum Gasteiger partial charge on any atom is 0.312 e. The molecule has 2 saturated heterocycles. The molecule has 3 aromatic rings. The van der Waals surface area contributed by atoms with Crippen LogP contribution < -0.4 is 0 Å². The van der Waals surface area contributed by atoms with Crippen molar-refractivity contribution in [1.82, 2.24) is 19.8 Å². The van der Waals surface area contributed by atoms with Gasteiger partial charge in [0.2, 0.25) is 0 Å². The number of rotatable bonds is 3. The molecule has 2 aromatic heterocycles. The van der Waals surface area contributed by atoms with Gasteiger partial charge in [-0.15, -0.1) is 0 Å². The molecule has 2 N–H and O–H groups in total. The van der Waals surface area contributed by atoms with Crippen LogP contribution in [0.3, 0.4) is 0 Å². The normalized spacial score (nSPS) is 23.1. The number of aromatic nitrogens is 2. The van der Waals surface area contributed by atoms with E-state index in [-0.39, 0.29) is 31.4 Å². The third-order valence-electron chi connectivity index (χ3n) is 8.38. The quantitative estimate of drug-likeness (QED) is 0.482. The summed E-state index contributed by atoms with van der Waals surface area (Å²) in [6.07, 6.45) is 6.51. The van der Waals surface area contributed by atoms with Crippen LogP contribution in [0.15, 0.2) is 61.1 Å². The van der Waals surface area contributed by atoms with Gasteiger partial charge in [-0.3, -0.25) is 24.5 Å². The lowest BCUT2D eigenvalue weighted by Crippen LogP contribution is -2.45. The topological polar surface area (TPSA) is 116 Å². The number of carbonyl (C=O) groups is 2. The second-order valence-corrected chi connectivity index (χ2v) is 11.1. The molecule has 2 aliphatic rings. The van der Waals surface area contributed by atoms with Crippen molar-refractivity contribution < 1.29 is 24.5 Å². The maximum atomic E-state index is 13.5. The Balaban J connectivity index is 1.27. The molecule has 9 heteroatoms. The zero-order valence-corrected chi connectivity index (χ0v) is 22.8. The van der Waals surface area contributed by atoms with E-state index >= 15 is 0 Å². The van der Waals surface area contributed by atoms with Crippen LogP contribution in [-0.2, 0) is 16.1 Å². The molecule has 212 valence electrons. The van der Waals surface area contributed by atoms with Gasteiger partial charge in [0.15, 0.2) is 0 Å². The van der Waals surface area contributed by atoms with Crippen LogP contribution in [0.2, 0.25) is 0 Å². The van der Waals surface area contributed by atoms with Gasteiger partial charge in [0.1, 0.15) is 12.7 Å². The number of piperidine rings is 1. The van der Waals surface area contributed by atoms with E-state index in [1.165, 1.54) is 5.56 Å². The molecular formula is C31H38N4O5. The molecule has 9 nitrogen and oxygen atoms in total. The molecule has 4 heterocycles. The Bertz CT molecular complexity index is 1300. The van der Waals surface area contributed by atoms with E-state index in [0.29, 0.717) is 31.4 Å². The monoisotopic (exact) mass is 546 g/mol. The summed E-state index contributed by atoms with van der Waals surface area (Å²) in [5.41, 5.74) is 1.87. The minimum absolute atomic E-state index is 0.152. The van der Waals surface area contributed by atoms with Crippen LogP contribution in [0.4, 0.5) is 0 Å². The van der Waals surface area contributed by atoms with Gasteiger partial charge < -0.3 is 19.8 Å². The van der Waals surface area contributed by atoms with Crippen LogP contribution in [-0.4, -0.2) is 86.9 Å². The molecule has 0 bridgehead atoms. The zero-order valence-electron chi connectivity index (χ0n) is 22.8. The highest BCUT2D eigenvalue weighted by molar-refractivity contribution is 5.97. The number of carbonyl (C=O) groups excluding carboxylic acids is 2. The van der Waals surface area contributed by atoms with Crippen molar-refractivity contribution in [2.75, 3.05) is 32.8 Å². The minimum atomic E-state index is -1.21. The fraction of sp³-hybridized carbons (Fsp3) is 0.484. The lowest BCUT2D eigenvalue weighted by Gasteiger charge is -2.40. The minimum Gasteiger partial charge on any atom is -0.462 e. The number of esters is 1. The third kappa shape index (κ3) is 6.66. The Morgan fingerprint density at radius 2 is 1.75 bits per heavy atom. The Morgan fingerprint density at radius 1 is 0.975 bits per heavy atom. The molecule has 0 radical (unpaired) electrons. The van der Waals surface area contributed by atoms with Crippen molar-refractivity contribution in [3.63, 3.8) is 0 Å². The molecule has 40 heavy (non-hydrogen) atoms. The summed E-state index contributed by atoms with van der Waals surface area (Å²) in [6.45, 7) is 2.86. The molecular weight excluding hydrogens is 508 g/mol. The van der Waals surface area contributed by atoms with E-state index < -0.39 is 17.6 Å². The number of cyclic esters (lactones) is 1. The van der Waals surface area contributed by atoms with E-state index in [9.17, 15) is 19.8 Å². The maximum absolute atomic E-state index is 13.5. The smallest absolute Gasteiger partial charge is 0.312 e. The van der Waals surface area contributed by atoms with Crippen molar-refractivity contribution in [3.05, 3.63) is 72.2 Å². The highest BCUT2D eigenvalue weighted by Gasteiger charge is 2.42. The van der Waals surface area contributed by atoms with Gasteiger partial charge in [0.25, 0.3) is 5.91 Å². The molecule has 2 fully saturated rings. The fourth-order valence-corrected chi connectivity index (χ4v) is 5.80. The molecule has 0 saturated carbocycles. The summed E-state index contributed by atoms with van der Waals surface area (Å²) in [4.78, 5) is 39.5. The third-order valence-corrected chi connectivity index (χ3v) is 8.38. The number of pyridine rings is 2. The van der Waals surface area contributed by atoms with Crippen molar-refractivity contribution in [2.45, 2.75) is 57.3 Å². The summed E-state index contributed by atoms with van der Waals surface area (Å²) in [5.74, 6) is -0.446. The van der Waals surface area contributed by atoms with Gasteiger partial charge >= 0.3 is 5.97 Å². The van der Waals surface area contributed by atoms with Gasteiger partial charge in [-0.2, -0.15) is 0 Å². The molecule has 5 rings (SSSR count). The zero-order chi connectivity index (χ0) is 28.0. The van der Waals surface area contributed by atoms with Crippen LogP contribution in [0.25, 0.3) is 10.9 Å². The van der Waals surface area contributed by atoms with E-state index in [1.807, 2.05) is 42.5 Å². The van der Waals surface area contributed by atoms with Gasteiger partial charge in [-0.05, 0) is 75.0 Å². The summed E-state index contributed by atoms with van der Waals surface area (Å²) in [7, 11) is 0. The van der Waals surface area contributed by atoms with Crippen LogP contribution in [0.1, 0.15) is 54.4 Å². The number of aliphatic hydroxyl groups is 2. The first-order chi connectivity index (χ1) is 19.4. The molecule has 2 atom stereocenters. The van der Waals surface area contributed by atoms with Crippen LogP contribution in [0, 0.1) is 5.41 Å². The highest BCUT2D eigenvalue weighted by Crippen LogP contribution is 2.38. The van der Waals surface area contributed by atoms with E-state index in [0.717, 1.165) is 43.4 Å². The van der Waals surface area contributed by atoms with E-state index in [4.69, 9.17) is 4.74 Å². The number of benzene rings is 1. The number of para-hydroxylation sites is 1. The standard InChI is InChI=1S/C31H38N4O5/c36-27-9-16-35(29(38)25-19-24-5-1-2-6-26(24)33-20-25)15-4-3-10-31(30(39)40-22-28(27)37)11-17-34(18-12-31)21-23-7-13-32-14-8-23/h1-2,5-8,13-14,19-20,27-28,36-37H,3-4,9-12,15-18,21-22H2/t27-,28+/m0/s1. The molecule has 0 unspecified atom stereocenters. The van der Waals surface area contributed by atoms with Gasteiger partial charge in [-0.25, -0.2) is 0 Å². The Hall–Kier alpha value is -3.40. The summed E-state index contributed by atoms with van der Waals surface area (Å²) in [6, 6.07) is 13.5. The Labute approximate surface area is 234 Å². The Kier molecular flexibility index (Phi) is 9.04. The first-order valence-corrected chi connectivity index (χ1v) is 14.2. The number of nitrogens with zero attached hydrogens (tertiary/aromatic N) is 4. The van der Waals surface area contributed by atoms with Gasteiger partial charge in [-0.1, -0.05) is 24.6 Å². The van der Waals surface area contributed by atoms with Crippen molar-refractivity contribution in [3.8, 4) is 0 Å².